The van der Waals surface area contributed by atoms with Crippen LogP contribution in [0.4, 0.5) is 14.6 Å². The van der Waals surface area contributed by atoms with Crippen molar-refractivity contribution in [2.75, 3.05) is 18.0 Å². The Balaban J connectivity index is 1.46. The predicted octanol–water partition coefficient (Wildman–Crippen LogP) is 3.90. The summed E-state index contributed by atoms with van der Waals surface area (Å²) < 4.78 is 27.7. The number of anilines is 1. The molecule has 0 radical (unpaired) electrons. The van der Waals surface area contributed by atoms with Gasteiger partial charge in [0.2, 0.25) is 0 Å². The summed E-state index contributed by atoms with van der Waals surface area (Å²) in [5.74, 6) is 1.64. The smallest absolute Gasteiger partial charge is 0.281 e. The van der Waals surface area contributed by atoms with Crippen molar-refractivity contribution in [2.45, 2.75) is 25.2 Å². The van der Waals surface area contributed by atoms with E-state index in [0.29, 0.717) is 23.1 Å². The number of aromatic nitrogens is 6. The molecule has 5 rings (SSSR count). The summed E-state index contributed by atoms with van der Waals surface area (Å²) in [6, 6.07) is 5.95. The topological polar surface area (TPSA) is 72.1 Å². The summed E-state index contributed by atoms with van der Waals surface area (Å²) in [5.41, 5.74) is 1.94. The van der Waals surface area contributed by atoms with Crippen LogP contribution < -0.4 is 4.90 Å². The van der Waals surface area contributed by atoms with Gasteiger partial charge < -0.3 is 4.90 Å². The minimum absolute atomic E-state index is 0.312. The molecule has 1 fully saturated rings. The highest BCUT2D eigenvalue weighted by Gasteiger charge is 2.23. The van der Waals surface area contributed by atoms with Gasteiger partial charge in [-0.05, 0) is 30.5 Å². The lowest BCUT2D eigenvalue weighted by molar-refractivity contribution is 0.145. The Morgan fingerprint density at radius 2 is 1.97 bits per heavy atom. The van der Waals surface area contributed by atoms with E-state index in [0.717, 1.165) is 31.7 Å². The molecule has 0 aliphatic carbocycles. The van der Waals surface area contributed by atoms with Gasteiger partial charge in [-0.1, -0.05) is 6.07 Å². The second-order valence-corrected chi connectivity index (χ2v) is 7.29. The minimum atomic E-state index is -2.66. The molecule has 7 nitrogen and oxygen atoms in total. The monoisotopic (exact) mass is 407 g/mol. The lowest BCUT2D eigenvalue weighted by atomic mass is 9.92. The van der Waals surface area contributed by atoms with Crippen LogP contribution in [0.5, 0.6) is 0 Å². The van der Waals surface area contributed by atoms with Crippen molar-refractivity contribution < 1.29 is 8.78 Å². The normalized spacial score (nSPS) is 17.0. The van der Waals surface area contributed by atoms with E-state index >= 15 is 0 Å². The van der Waals surface area contributed by atoms with Gasteiger partial charge in [0.25, 0.3) is 6.43 Å². The zero-order valence-electron chi connectivity index (χ0n) is 16.1. The van der Waals surface area contributed by atoms with Crippen LogP contribution in [0.3, 0.4) is 0 Å². The average Bonchev–Trinajstić information content (AvgIpc) is 3.23. The Kier molecular flexibility index (Phi) is 4.78. The number of imidazole rings is 1. The molecular weight excluding hydrogens is 388 g/mol. The first-order valence-corrected chi connectivity index (χ1v) is 9.78. The van der Waals surface area contributed by atoms with Crippen LogP contribution in [0, 0.1) is 0 Å². The average molecular weight is 407 g/mol. The first-order valence-electron chi connectivity index (χ1n) is 9.78. The summed E-state index contributed by atoms with van der Waals surface area (Å²) in [7, 11) is 0. The predicted molar refractivity (Wildman–Crippen MR) is 107 cm³/mol. The third kappa shape index (κ3) is 3.47. The molecule has 9 heteroatoms. The molecule has 0 amide bonds. The van der Waals surface area contributed by atoms with Gasteiger partial charge in [0, 0.05) is 43.8 Å². The molecule has 0 aromatic carbocycles. The molecule has 1 aliphatic rings. The van der Waals surface area contributed by atoms with Crippen LogP contribution in [0.25, 0.3) is 17.2 Å². The van der Waals surface area contributed by atoms with Crippen LogP contribution in [-0.2, 0) is 0 Å². The van der Waals surface area contributed by atoms with E-state index in [2.05, 4.69) is 30.9 Å². The summed E-state index contributed by atoms with van der Waals surface area (Å²) in [6.07, 6.45) is 9.11. The van der Waals surface area contributed by atoms with E-state index in [1.165, 1.54) is 18.0 Å². The first kappa shape index (κ1) is 18.5. The number of nitrogens with zero attached hydrogens (tertiary/aromatic N) is 7. The molecule has 4 aromatic rings. The van der Waals surface area contributed by atoms with Crippen LogP contribution in [0.1, 0.15) is 36.4 Å². The maximum atomic E-state index is 13.1. The zero-order chi connectivity index (χ0) is 20.5. The molecule has 4 aromatic heterocycles. The Morgan fingerprint density at radius 1 is 1.03 bits per heavy atom. The van der Waals surface area contributed by atoms with Crippen molar-refractivity contribution in [2.24, 2.45) is 0 Å². The number of pyridine rings is 1. The lowest BCUT2D eigenvalue weighted by Gasteiger charge is -2.33. The fourth-order valence-corrected chi connectivity index (χ4v) is 3.91. The van der Waals surface area contributed by atoms with Crippen molar-refractivity contribution in [1.29, 1.82) is 0 Å². The summed E-state index contributed by atoms with van der Waals surface area (Å²) >= 11 is 0. The fraction of sp³-hybridized carbons (Fsp3) is 0.286. The lowest BCUT2D eigenvalue weighted by Crippen LogP contribution is -2.35. The van der Waals surface area contributed by atoms with E-state index in [9.17, 15) is 8.78 Å². The number of rotatable bonds is 4. The van der Waals surface area contributed by atoms with Crippen molar-refractivity contribution >= 4 is 11.5 Å². The van der Waals surface area contributed by atoms with Crippen molar-refractivity contribution in [1.82, 2.24) is 29.3 Å². The maximum Gasteiger partial charge on any atom is 0.281 e. The van der Waals surface area contributed by atoms with E-state index < -0.39 is 6.43 Å². The molecule has 0 saturated carbocycles. The Hall–Kier alpha value is -3.49. The zero-order valence-corrected chi connectivity index (χ0v) is 16.1. The van der Waals surface area contributed by atoms with E-state index in [-0.39, 0.29) is 5.69 Å². The van der Waals surface area contributed by atoms with Crippen molar-refractivity contribution in [3.63, 3.8) is 0 Å². The number of piperidine rings is 1. The molecule has 0 spiro atoms. The van der Waals surface area contributed by atoms with Crippen LogP contribution in [-0.4, -0.2) is 42.4 Å². The molecule has 30 heavy (non-hydrogen) atoms. The number of fused-ring (bicyclic) bond motifs is 1. The molecule has 5 heterocycles. The van der Waals surface area contributed by atoms with Crippen LogP contribution >= 0.6 is 0 Å². The SMILES string of the molecule is FC(F)c1cn2c(-c3nccc(N4CCCC(c5cccnc5)C4)n3)cnc2cn1. The molecular formula is C21H19F2N7. The minimum Gasteiger partial charge on any atom is -0.356 e. The third-order valence-electron chi connectivity index (χ3n) is 5.41. The molecule has 0 bridgehead atoms. The van der Waals surface area contributed by atoms with Crippen LogP contribution in [0.15, 0.2) is 55.4 Å². The quantitative estimate of drug-likeness (QED) is 0.511. The molecule has 1 atom stereocenters. The van der Waals surface area contributed by atoms with Gasteiger partial charge in [-0.2, -0.15) is 0 Å². The van der Waals surface area contributed by atoms with Crippen molar-refractivity contribution in [3.05, 3.63) is 66.6 Å². The van der Waals surface area contributed by atoms with Gasteiger partial charge in [0.1, 0.15) is 17.2 Å². The van der Waals surface area contributed by atoms with Crippen LogP contribution in [0.2, 0.25) is 0 Å². The molecule has 0 N–H and O–H groups in total. The Bertz CT molecular complexity index is 1160. The molecule has 1 unspecified atom stereocenters. The first-order chi connectivity index (χ1) is 14.7. The Labute approximate surface area is 171 Å². The highest BCUT2D eigenvalue weighted by Crippen LogP contribution is 2.29. The van der Waals surface area contributed by atoms with E-state index in [4.69, 9.17) is 4.98 Å². The molecule has 1 aliphatic heterocycles. The molecule has 152 valence electrons. The summed E-state index contributed by atoms with van der Waals surface area (Å²) in [4.78, 5) is 23.6. The fourth-order valence-electron chi connectivity index (χ4n) is 3.91. The largest absolute Gasteiger partial charge is 0.356 e. The Morgan fingerprint density at radius 3 is 2.80 bits per heavy atom. The second kappa shape index (κ2) is 7.74. The van der Waals surface area contributed by atoms with E-state index in [1.54, 1.807) is 23.0 Å². The van der Waals surface area contributed by atoms with E-state index in [1.807, 2.05) is 18.3 Å². The van der Waals surface area contributed by atoms with Gasteiger partial charge in [0.15, 0.2) is 11.5 Å². The van der Waals surface area contributed by atoms with Gasteiger partial charge in [-0.3, -0.25) is 9.38 Å². The van der Waals surface area contributed by atoms with Crippen molar-refractivity contribution in [3.8, 4) is 11.5 Å². The standard InChI is InChI=1S/C21H19F2N7/c22-20(23)16-13-30-17(10-27-19(30)11-26-16)21-25-7-5-18(28-21)29-8-2-4-15(12-29)14-3-1-6-24-9-14/h1,3,5-7,9-11,13,15,20H,2,4,8,12H2. The number of hydrogen-bond acceptors (Lipinski definition) is 6. The number of alkyl halides is 2. The summed E-state index contributed by atoms with van der Waals surface area (Å²) in [6.45, 7) is 1.74. The van der Waals surface area contributed by atoms with Gasteiger partial charge in [-0.25, -0.2) is 28.7 Å². The third-order valence-corrected chi connectivity index (χ3v) is 5.41. The summed E-state index contributed by atoms with van der Waals surface area (Å²) in [5, 5.41) is 0. The number of hydrogen-bond donors (Lipinski definition) is 0. The van der Waals surface area contributed by atoms with Gasteiger partial charge >= 0.3 is 0 Å². The highest BCUT2D eigenvalue weighted by atomic mass is 19.3. The highest BCUT2D eigenvalue weighted by molar-refractivity contribution is 5.58. The maximum absolute atomic E-state index is 13.1. The van der Waals surface area contributed by atoms with Gasteiger partial charge in [0.05, 0.1) is 12.4 Å². The second-order valence-electron chi connectivity index (χ2n) is 7.29. The number of halogens is 2. The van der Waals surface area contributed by atoms with Gasteiger partial charge in [-0.15, -0.1) is 0 Å². The molecule has 1 saturated heterocycles.